The predicted octanol–water partition coefficient (Wildman–Crippen LogP) is 2.56. The van der Waals surface area contributed by atoms with Crippen molar-refractivity contribution in [3.8, 4) is 0 Å². The van der Waals surface area contributed by atoms with Crippen LogP contribution in [0.25, 0.3) is 0 Å². The Morgan fingerprint density at radius 3 is 2.45 bits per heavy atom. The summed E-state index contributed by atoms with van der Waals surface area (Å²) in [6.45, 7) is 1.62. The minimum Gasteiger partial charge on any atom is -0.379 e. The molecule has 11 heteroatoms. The first kappa shape index (κ1) is 23.8. The number of carbonyl (C=O) groups excluding carboxylic acids is 2. The van der Waals surface area contributed by atoms with E-state index in [1.807, 2.05) is 0 Å². The van der Waals surface area contributed by atoms with Crippen molar-refractivity contribution in [2.75, 3.05) is 32.8 Å². The number of likely N-dealkylation sites (tertiary alicyclic amines) is 1. The predicted molar refractivity (Wildman–Crippen MR) is 120 cm³/mol. The largest absolute Gasteiger partial charge is 0.379 e. The van der Waals surface area contributed by atoms with Crippen LogP contribution in [0.1, 0.15) is 29.6 Å². The number of carbonyl (C=O) groups is 2. The van der Waals surface area contributed by atoms with Crippen LogP contribution in [-0.2, 0) is 19.6 Å². The Balaban J connectivity index is 1.46. The molecule has 33 heavy (non-hydrogen) atoms. The molecule has 2 amide bonds. The number of halogens is 1. The summed E-state index contributed by atoms with van der Waals surface area (Å²) in [6, 6.07) is 8.20. The number of benzene rings is 1. The van der Waals surface area contributed by atoms with Crippen molar-refractivity contribution in [1.29, 1.82) is 0 Å². The lowest BCUT2D eigenvalue weighted by molar-refractivity contribution is -0.127. The highest BCUT2D eigenvalue weighted by Gasteiger charge is 2.33. The Kier molecular flexibility index (Phi) is 7.42. The van der Waals surface area contributed by atoms with Gasteiger partial charge in [0.25, 0.3) is 5.91 Å². The molecule has 0 radical (unpaired) electrons. The number of thioether (sulfide) groups is 1. The fourth-order valence-corrected chi connectivity index (χ4v) is 6.16. The summed E-state index contributed by atoms with van der Waals surface area (Å²) in [4.78, 5) is 31.6. The third-order valence-electron chi connectivity index (χ3n) is 5.56. The Hall–Kier alpha value is -2.34. The zero-order chi connectivity index (χ0) is 23.4. The van der Waals surface area contributed by atoms with Crippen molar-refractivity contribution < 1.29 is 27.1 Å². The second kappa shape index (κ2) is 10.3. The quantitative estimate of drug-likeness (QED) is 0.591. The maximum absolute atomic E-state index is 13.2. The second-order valence-corrected chi connectivity index (χ2v) is 10.9. The average Bonchev–Trinajstić information content (AvgIpc) is 3.01. The summed E-state index contributed by atoms with van der Waals surface area (Å²) in [5.74, 6) is -1.22. The molecule has 1 aromatic carbocycles. The van der Waals surface area contributed by atoms with E-state index in [1.165, 1.54) is 57.5 Å². The van der Waals surface area contributed by atoms with Crippen LogP contribution in [0, 0.1) is 5.82 Å². The molecule has 2 fully saturated rings. The second-order valence-electron chi connectivity index (χ2n) is 7.75. The summed E-state index contributed by atoms with van der Waals surface area (Å²) in [7, 11) is -3.65. The maximum Gasteiger partial charge on any atom is 0.260 e. The van der Waals surface area contributed by atoms with Crippen LogP contribution in [0.2, 0.25) is 0 Å². The SMILES string of the molecule is O=C(c1ccc(F)cc1)N1CCCCC(Sc2ccc(S(=O)(=O)N3CCOCC3)cn2)C1=O. The first-order valence-corrected chi connectivity index (χ1v) is 13.0. The minimum atomic E-state index is -3.65. The van der Waals surface area contributed by atoms with Crippen molar-refractivity contribution in [1.82, 2.24) is 14.2 Å². The number of rotatable bonds is 5. The summed E-state index contributed by atoms with van der Waals surface area (Å²) in [5.41, 5.74) is 0.256. The van der Waals surface area contributed by atoms with Gasteiger partial charge in [-0.25, -0.2) is 17.8 Å². The molecule has 4 rings (SSSR count). The average molecular weight is 494 g/mol. The van der Waals surface area contributed by atoms with Crippen molar-refractivity contribution in [2.24, 2.45) is 0 Å². The minimum absolute atomic E-state index is 0.0917. The normalized spacial score (nSPS) is 20.5. The zero-order valence-electron chi connectivity index (χ0n) is 17.9. The number of hydrogen-bond acceptors (Lipinski definition) is 7. The summed E-state index contributed by atoms with van der Waals surface area (Å²) >= 11 is 1.22. The van der Waals surface area contributed by atoms with Gasteiger partial charge in [0.1, 0.15) is 10.7 Å². The molecule has 0 bridgehead atoms. The molecule has 1 atom stereocenters. The molecule has 0 spiro atoms. The van der Waals surface area contributed by atoms with Crippen LogP contribution in [0.15, 0.2) is 52.5 Å². The maximum atomic E-state index is 13.2. The Labute approximate surface area is 196 Å². The van der Waals surface area contributed by atoms with Gasteiger partial charge in [0.05, 0.1) is 23.5 Å². The van der Waals surface area contributed by atoms with Crippen LogP contribution >= 0.6 is 11.8 Å². The molecule has 1 unspecified atom stereocenters. The lowest BCUT2D eigenvalue weighted by Crippen LogP contribution is -2.41. The Morgan fingerprint density at radius 1 is 1.06 bits per heavy atom. The van der Waals surface area contributed by atoms with Crippen molar-refractivity contribution in [3.63, 3.8) is 0 Å². The van der Waals surface area contributed by atoms with Crippen molar-refractivity contribution in [3.05, 3.63) is 54.0 Å². The number of nitrogens with zero attached hydrogens (tertiary/aromatic N) is 3. The van der Waals surface area contributed by atoms with Crippen molar-refractivity contribution >= 4 is 33.6 Å². The molecular weight excluding hydrogens is 469 g/mol. The fraction of sp³-hybridized carbons (Fsp3) is 0.409. The van der Waals surface area contributed by atoms with E-state index in [4.69, 9.17) is 4.74 Å². The lowest BCUT2D eigenvalue weighted by atomic mass is 10.2. The molecule has 1 aromatic heterocycles. The number of sulfonamides is 1. The molecule has 176 valence electrons. The number of morpholine rings is 1. The molecule has 0 aliphatic carbocycles. The summed E-state index contributed by atoms with van der Waals surface area (Å²) < 4.78 is 45.3. The lowest BCUT2D eigenvalue weighted by Gasteiger charge is -2.26. The fourth-order valence-electron chi connectivity index (χ4n) is 3.74. The molecule has 0 N–H and O–H groups in total. The monoisotopic (exact) mass is 493 g/mol. The van der Waals surface area contributed by atoms with E-state index in [-0.39, 0.29) is 16.4 Å². The molecular formula is C22H24FN3O5S2. The number of ether oxygens (including phenoxy) is 1. The van der Waals surface area contributed by atoms with E-state index in [0.29, 0.717) is 50.7 Å². The van der Waals surface area contributed by atoms with Gasteiger partial charge in [0.2, 0.25) is 15.9 Å². The summed E-state index contributed by atoms with van der Waals surface area (Å²) in [6.07, 6.45) is 3.32. The first-order chi connectivity index (χ1) is 15.9. The molecule has 2 saturated heterocycles. The van der Waals surface area contributed by atoms with Gasteiger partial charge in [-0.05, 0) is 49.2 Å². The van der Waals surface area contributed by atoms with Gasteiger partial charge < -0.3 is 4.74 Å². The van der Waals surface area contributed by atoms with Crippen LogP contribution in [-0.4, -0.2) is 72.5 Å². The topological polar surface area (TPSA) is 96.9 Å². The number of imide groups is 1. The number of aromatic nitrogens is 1. The number of pyridine rings is 1. The zero-order valence-corrected chi connectivity index (χ0v) is 19.5. The first-order valence-electron chi connectivity index (χ1n) is 10.7. The van der Waals surface area contributed by atoms with E-state index in [2.05, 4.69) is 4.98 Å². The molecule has 2 aliphatic rings. The Bertz CT molecular complexity index is 1100. The standard InChI is InChI=1S/C22H24FN3O5S2/c23-17-6-4-16(5-7-17)21(27)26-10-2-1-3-19(22(26)28)32-20-9-8-18(15-24-20)33(29,30)25-11-13-31-14-12-25/h4-9,15,19H,1-3,10-14H2. The van der Waals surface area contributed by atoms with Crippen molar-refractivity contribution in [2.45, 2.75) is 34.4 Å². The molecule has 8 nitrogen and oxygen atoms in total. The van der Waals surface area contributed by atoms with Gasteiger partial charge in [-0.15, -0.1) is 0 Å². The van der Waals surface area contributed by atoms with Crippen LogP contribution < -0.4 is 0 Å². The van der Waals surface area contributed by atoms with E-state index in [9.17, 15) is 22.4 Å². The van der Waals surface area contributed by atoms with Gasteiger partial charge in [-0.3, -0.25) is 14.5 Å². The van der Waals surface area contributed by atoms with E-state index in [0.717, 1.165) is 6.42 Å². The van der Waals surface area contributed by atoms with Gasteiger partial charge in [-0.2, -0.15) is 4.31 Å². The van der Waals surface area contributed by atoms with Gasteiger partial charge in [0.15, 0.2) is 0 Å². The molecule has 3 heterocycles. The summed E-state index contributed by atoms with van der Waals surface area (Å²) in [5, 5.41) is -0.0172. The molecule has 2 aromatic rings. The highest BCUT2D eigenvalue weighted by Crippen LogP contribution is 2.30. The number of hydrogen-bond donors (Lipinski definition) is 0. The highest BCUT2D eigenvalue weighted by atomic mass is 32.2. The van der Waals surface area contributed by atoms with E-state index in [1.54, 1.807) is 6.07 Å². The van der Waals surface area contributed by atoms with Gasteiger partial charge >= 0.3 is 0 Å². The van der Waals surface area contributed by atoms with Crippen LogP contribution in [0.4, 0.5) is 4.39 Å². The van der Waals surface area contributed by atoms with Crippen LogP contribution in [0.3, 0.4) is 0 Å². The molecule has 0 saturated carbocycles. The Morgan fingerprint density at radius 2 is 1.79 bits per heavy atom. The van der Waals surface area contributed by atoms with E-state index < -0.39 is 27.0 Å². The third-order valence-corrected chi connectivity index (χ3v) is 8.64. The van der Waals surface area contributed by atoms with Crippen LogP contribution in [0.5, 0.6) is 0 Å². The van der Waals surface area contributed by atoms with Gasteiger partial charge in [-0.1, -0.05) is 18.2 Å². The van der Waals surface area contributed by atoms with E-state index >= 15 is 0 Å². The van der Waals surface area contributed by atoms with Gasteiger partial charge in [0, 0.05) is 31.4 Å². The molecule has 2 aliphatic heterocycles. The smallest absolute Gasteiger partial charge is 0.260 e. The highest BCUT2D eigenvalue weighted by molar-refractivity contribution is 8.00. The number of amides is 2. The third kappa shape index (κ3) is 5.43.